The summed E-state index contributed by atoms with van der Waals surface area (Å²) in [5.74, 6) is 1.06. The van der Waals surface area contributed by atoms with Crippen molar-refractivity contribution in [3.05, 3.63) is 71.3 Å². The van der Waals surface area contributed by atoms with Crippen LogP contribution in [-0.2, 0) is 4.79 Å². The van der Waals surface area contributed by atoms with E-state index in [1.165, 1.54) is 11.3 Å². The van der Waals surface area contributed by atoms with Crippen molar-refractivity contribution in [2.24, 2.45) is 0 Å². The Labute approximate surface area is 170 Å². The summed E-state index contributed by atoms with van der Waals surface area (Å²) >= 11 is 8.70. The number of benzene rings is 2. The summed E-state index contributed by atoms with van der Waals surface area (Å²) in [6.07, 6.45) is 4.13. The second kappa shape index (κ2) is 10.1. The molecule has 8 heteroatoms. The quantitative estimate of drug-likeness (QED) is 0.412. The zero-order chi connectivity index (χ0) is 18.9. The zero-order valence-electron chi connectivity index (χ0n) is 14.2. The molecule has 2 aromatic carbocycles. The van der Waals surface area contributed by atoms with Crippen LogP contribution in [0.3, 0.4) is 0 Å². The van der Waals surface area contributed by atoms with Crippen LogP contribution in [-0.4, -0.2) is 28.5 Å². The Kier molecular flexibility index (Phi) is 7.27. The minimum atomic E-state index is -0.290. The van der Waals surface area contributed by atoms with Gasteiger partial charge < -0.3 is 4.74 Å². The minimum absolute atomic E-state index is 0.108. The lowest BCUT2D eigenvalue weighted by Crippen LogP contribution is -2.20. The first-order valence-corrected chi connectivity index (χ1v) is 10.2. The Hall–Kier alpha value is -2.35. The Morgan fingerprint density at radius 2 is 1.93 bits per heavy atom. The van der Waals surface area contributed by atoms with Gasteiger partial charge in [-0.1, -0.05) is 77.2 Å². The predicted octanol–water partition coefficient (Wildman–Crippen LogP) is 5.01. The molecule has 3 aromatic rings. The molecule has 0 spiro atoms. The van der Waals surface area contributed by atoms with E-state index in [4.69, 9.17) is 16.3 Å². The van der Waals surface area contributed by atoms with Crippen molar-refractivity contribution in [2.45, 2.75) is 4.34 Å². The van der Waals surface area contributed by atoms with Crippen LogP contribution < -0.4 is 10.1 Å². The SMILES string of the molecule is O=C(COc1ccc(Cl)cc1)Nc1nnc(SC/C=C/c2ccccc2)s1. The van der Waals surface area contributed by atoms with Crippen LogP contribution >= 0.6 is 34.7 Å². The molecule has 3 rings (SSSR count). The molecule has 0 atom stereocenters. The number of halogens is 1. The van der Waals surface area contributed by atoms with Crippen LogP contribution in [0.2, 0.25) is 5.02 Å². The second-order valence-corrected chi connectivity index (χ2v) is 7.97. The molecule has 0 unspecified atom stereocenters. The van der Waals surface area contributed by atoms with E-state index in [0.29, 0.717) is 15.9 Å². The van der Waals surface area contributed by atoms with Crippen molar-refractivity contribution in [2.75, 3.05) is 17.7 Å². The number of carbonyl (C=O) groups is 1. The van der Waals surface area contributed by atoms with Crippen LogP contribution in [0.4, 0.5) is 5.13 Å². The first kappa shape index (κ1) is 19.4. The minimum Gasteiger partial charge on any atom is -0.484 e. The summed E-state index contributed by atoms with van der Waals surface area (Å²) in [7, 11) is 0. The average molecular weight is 418 g/mol. The molecule has 0 fully saturated rings. The van der Waals surface area contributed by atoms with E-state index in [-0.39, 0.29) is 12.5 Å². The van der Waals surface area contributed by atoms with Crippen LogP contribution in [0.1, 0.15) is 5.56 Å². The topological polar surface area (TPSA) is 64.1 Å². The first-order valence-electron chi connectivity index (χ1n) is 8.05. The molecule has 0 bridgehead atoms. The number of ether oxygens (including phenoxy) is 1. The maximum absolute atomic E-state index is 11.9. The van der Waals surface area contributed by atoms with Crippen molar-refractivity contribution in [1.82, 2.24) is 10.2 Å². The number of nitrogens with zero attached hydrogens (tertiary/aromatic N) is 2. The van der Waals surface area contributed by atoms with E-state index < -0.39 is 0 Å². The normalized spacial score (nSPS) is 10.9. The Morgan fingerprint density at radius 1 is 1.15 bits per heavy atom. The molecule has 0 radical (unpaired) electrons. The lowest BCUT2D eigenvalue weighted by Gasteiger charge is -2.05. The fourth-order valence-electron chi connectivity index (χ4n) is 2.02. The van der Waals surface area contributed by atoms with E-state index in [1.54, 1.807) is 36.0 Å². The lowest BCUT2D eigenvalue weighted by atomic mass is 10.2. The Balaban J connectivity index is 1.41. The smallest absolute Gasteiger partial charge is 0.264 e. The van der Waals surface area contributed by atoms with Crippen molar-refractivity contribution < 1.29 is 9.53 Å². The maximum Gasteiger partial charge on any atom is 0.264 e. The number of carbonyl (C=O) groups excluding carboxylic acids is 1. The highest BCUT2D eigenvalue weighted by molar-refractivity contribution is 8.01. The fourth-order valence-corrected chi connectivity index (χ4v) is 3.75. The molecular formula is C19H16ClN3O2S2. The largest absolute Gasteiger partial charge is 0.484 e. The molecule has 0 aliphatic carbocycles. The van der Waals surface area contributed by atoms with Gasteiger partial charge in [-0.2, -0.15) is 0 Å². The van der Waals surface area contributed by atoms with E-state index in [9.17, 15) is 4.79 Å². The zero-order valence-corrected chi connectivity index (χ0v) is 16.6. The van der Waals surface area contributed by atoms with Gasteiger partial charge in [0.1, 0.15) is 5.75 Å². The van der Waals surface area contributed by atoms with Gasteiger partial charge >= 0.3 is 0 Å². The molecule has 0 saturated carbocycles. The fraction of sp³-hybridized carbons (Fsp3) is 0.105. The van der Waals surface area contributed by atoms with Gasteiger partial charge in [-0.3, -0.25) is 10.1 Å². The second-order valence-electron chi connectivity index (χ2n) is 5.29. The van der Waals surface area contributed by atoms with Gasteiger partial charge in [0.25, 0.3) is 5.91 Å². The van der Waals surface area contributed by atoms with Gasteiger partial charge in [0.15, 0.2) is 10.9 Å². The molecule has 1 amide bonds. The number of hydrogen-bond acceptors (Lipinski definition) is 6. The van der Waals surface area contributed by atoms with E-state index in [0.717, 1.165) is 15.7 Å². The van der Waals surface area contributed by atoms with Crippen LogP contribution in [0.25, 0.3) is 6.08 Å². The first-order chi connectivity index (χ1) is 13.2. The third kappa shape index (κ3) is 6.71. The number of rotatable bonds is 8. The highest BCUT2D eigenvalue weighted by atomic mass is 35.5. The third-order valence-corrected chi connectivity index (χ3v) is 5.43. The van der Waals surface area contributed by atoms with E-state index in [1.807, 2.05) is 30.3 Å². The summed E-state index contributed by atoms with van der Waals surface area (Å²) in [4.78, 5) is 11.9. The average Bonchev–Trinajstić information content (AvgIpc) is 3.13. The molecule has 5 nitrogen and oxygen atoms in total. The van der Waals surface area contributed by atoms with Gasteiger partial charge in [0, 0.05) is 10.8 Å². The molecule has 1 heterocycles. The van der Waals surface area contributed by atoms with Gasteiger partial charge in [-0.25, -0.2) is 0 Å². The summed E-state index contributed by atoms with van der Waals surface area (Å²) in [5.41, 5.74) is 1.16. The number of amides is 1. The maximum atomic E-state index is 11.9. The highest BCUT2D eigenvalue weighted by Crippen LogP contribution is 2.25. The van der Waals surface area contributed by atoms with Crippen molar-refractivity contribution >= 4 is 51.8 Å². The van der Waals surface area contributed by atoms with E-state index in [2.05, 4.69) is 27.7 Å². The number of nitrogens with one attached hydrogen (secondary N) is 1. The van der Waals surface area contributed by atoms with Crippen molar-refractivity contribution in [1.29, 1.82) is 0 Å². The number of hydrogen-bond donors (Lipinski definition) is 1. The highest BCUT2D eigenvalue weighted by Gasteiger charge is 2.09. The molecule has 138 valence electrons. The van der Waals surface area contributed by atoms with Crippen molar-refractivity contribution in [3.8, 4) is 5.75 Å². The predicted molar refractivity (Wildman–Crippen MR) is 112 cm³/mol. The standard InChI is InChI=1S/C19H16ClN3O2S2/c20-15-8-10-16(11-9-15)25-13-17(24)21-18-22-23-19(27-18)26-12-4-7-14-5-2-1-3-6-14/h1-11H,12-13H2,(H,21,22,24)/b7-4+. The van der Waals surface area contributed by atoms with E-state index >= 15 is 0 Å². The molecule has 0 saturated heterocycles. The molecule has 1 N–H and O–H groups in total. The van der Waals surface area contributed by atoms with Gasteiger partial charge in [-0.15, -0.1) is 10.2 Å². The van der Waals surface area contributed by atoms with Crippen molar-refractivity contribution in [3.63, 3.8) is 0 Å². The van der Waals surface area contributed by atoms with Gasteiger partial charge in [0.2, 0.25) is 5.13 Å². The third-order valence-electron chi connectivity index (χ3n) is 3.25. The number of thioether (sulfide) groups is 1. The molecule has 0 aliphatic rings. The molecular weight excluding hydrogens is 402 g/mol. The van der Waals surface area contributed by atoms with Gasteiger partial charge in [0.05, 0.1) is 0 Å². The Morgan fingerprint density at radius 3 is 2.70 bits per heavy atom. The lowest BCUT2D eigenvalue weighted by molar-refractivity contribution is -0.118. The summed E-state index contributed by atoms with van der Waals surface area (Å²) in [6.45, 7) is -0.108. The Bertz CT molecular complexity index is 899. The number of anilines is 1. The number of aromatic nitrogens is 2. The monoisotopic (exact) mass is 417 g/mol. The van der Waals surface area contributed by atoms with Gasteiger partial charge in [-0.05, 0) is 29.8 Å². The van der Waals surface area contributed by atoms with Crippen LogP contribution in [0.15, 0.2) is 65.0 Å². The van der Waals surface area contributed by atoms with Crippen LogP contribution in [0, 0.1) is 0 Å². The summed E-state index contributed by atoms with van der Waals surface area (Å²) in [6, 6.07) is 16.9. The molecule has 1 aromatic heterocycles. The summed E-state index contributed by atoms with van der Waals surface area (Å²) < 4.78 is 6.19. The summed E-state index contributed by atoms with van der Waals surface area (Å²) in [5, 5.41) is 11.8. The molecule has 27 heavy (non-hydrogen) atoms. The molecule has 0 aliphatic heterocycles. The van der Waals surface area contributed by atoms with Crippen LogP contribution in [0.5, 0.6) is 5.75 Å².